The molecule has 42 heavy (non-hydrogen) atoms. The first-order chi connectivity index (χ1) is 19.8. The van der Waals surface area contributed by atoms with Crippen LogP contribution < -0.4 is 9.62 Å². The molecule has 3 aromatic carbocycles. The maximum absolute atomic E-state index is 14.2. The Bertz CT molecular complexity index is 1530. The van der Waals surface area contributed by atoms with Crippen molar-refractivity contribution in [3.63, 3.8) is 0 Å². The van der Waals surface area contributed by atoms with Crippen LogP contribution in [0.4, 0.5) is 5.69 Å². The third-order valence-electron chi connectivity index (χ3n) is 7.18. The number of rotatable bonds is 12. The quantitative estimate of drug-likeness (QED) is 0.225. The Morgan fingerprint density at radius 2 is 1.52 bits per heavy atom. The number of hydrogen-bond donors (Lipinski definition) is 1. The van der Waals surface area contributed by atoms with Gasteiger partial charge in [0.05, 0.1) is 20.6 Å². The fourth-order valence-electron chi connectivity index (χ4n) is 4.34. The minimum Gasteiger partial charge on any atom is -0.352 e. The van der Waals surface area contributed by atoms with Gasteiger partial charge in [0, 0.05) is 17.6 Å². The largest absolute Gasteiger partial charge is 0.352 e. The lowest BCUT2D eigenvalue weighted by Crippen LogP contribution is -2.53. The molecule has 11 heteroatoms. The van der Waals surface area contributed by atoms with Crippen LogP contribution >= 0.6 is 34.8 Å². The summed E-state index contributed by atoms with van der Waals surface area (Å²) in [6, 6.07) is 15.0. The van der Waals surface area contributed by atoms with Crippen LogP contribution in [0.2, 0.25) is 15.1 Å². The van der Waals surface area contributed by atoms with E-state index in [0.717, 1.165) is 15.4 Å². The fraction of sp³-hybridized carbons (Fsp3) is 0.355. The molecule has 2 atom stereocenters. The Hall–Kier alpha value is -2.78. The standard InChI is InChI=1S/C31H36Cl3N3O4S/c1-6-22(5)35-31(39)29(7-2)36(18-23-9-15-27(33)28(34)17-23)30(38)19-37(25-12-8-20(3)21(4)16-25)42(40,41)26-13-10-24(32)11-14-26/h8-17,22,29H,6-7,18-19H2,1-5H3,(H,35,39)/t22-,29+/m1/s1. The van der Waals surface area contributed by atoms with Crippen LogP contribution in [0.5, 0.6) is 0 Å². The van der Waals surface area contributed by atoms with Crippen molar-refractivity contribution in [2.24, 2.45) is 0 Å². The summed E-state index contributed by atoms with van der Waals surface area (Å²) in [5.41, 5.74) is 2.81. The number of carbonyl (C=O) groups is 2. The molecule has 0 aliphatic carbocycles. The van der Waals surface area contributed by atoms with E-state index in [4.69, 9.17) is 34.8 Å². The third-order valence-corrected chi connectivity index (χ3v) is 9.96. The highest BCUT2D eigenvalue weighted by Crippen LogP contribution is 2.28. The van der Waals surface area contributed by atoms with E-state index in [1.807, 2.05) is 34.6 Å². The van der Waals surface area contributed by atoms with Gasteiger partial charge in [-0.1, -0.05) is 60.8 Å². The summed E-state index contributed by atoms with van der Waals surface area (Å²) in [5, 5.41) is 4.00. The molecule has 0 saturated carbocycles. The molecule has 226 valence electrons. The summed E-state index contributed by atoms with van der Waals surface area (Å²) >= 11 is 18.4. The Morgan fingerprint density at radius 1 is 0.857 bits per heavy atom. The maximum atomic E-state index is 14.2. The lowest BCUT2D eigenvalue weighted by Gasteiger charge is -2.34. The average Bonchev–Trinajstić information content (AvgIpc) is 2.95. The van der Waals surface area contributed by atoms with Crippen LogP contribution in [0.25, 0.3) is 0 Å². The molecular weight excluding hydrogens is 617 g/mol. The van der Waals surface area contributed by atoms with Gasteiger partial charge < -0.3 is 10.2 Å². The van der Waals surface area contributed by atoms with Crippen molar-refractivity contribution in [3.05, 3.63) is 92.4 Å². The van der Waals surface area contributed by atoms with E-state index in [0.29, 0.717) is 39.2 Å². The van der Waals surface area contributed by atoms with Gasteiger partial charge in [-0.25, -0.2) is 8.42 Å². The summed E-state index contributed by atoms with van der Waals surface area (Å²) in [7, 11) is -4.20. The van der Waals surface area contributed by atoms with Crippen LogP contribution in [0.15, 0.2) is 65.6 Å². The molecule has 1 N–H and O–H groups in total. The van der Waals surface area contributed by atoms with Gasteiger partial charge >= 0.3 is 0 Å². The summed E-state index contributed by atoms with van der Waals surface area (Å²) < 4.78 is 29.1. The smallest absolute Gasteiger partial charge is 0.264 e. The first kappa shape index (κ1) is 33.7. The van der Waals surface area contributed by atoms with Crippen LogP contribution in [-0.4, -0.2) is 43.8 Å². The topological polar surface area (TPSA) is 86.8 Å². The molecule has 3 rings (SSSR count). The number of carbonyl (C=O) groups excluding carboxylic acids is 2. The minimum absolute atomic E-state index is 0.0178. The number of hydrogen-bond acceptors (Lipinski definition) is 4. The van der Waals surface area contributed by atoms with Crippen LogP contribution in [0.3, 0.4) is 0 Å². The highest BCUT2D eigenvalue weighted by atomic mass is 35.5. The van der Waals surface area contributed by atoms with E-state index >= 15 is 0 Å². The van der Waals surface area contributed by atoms with Crippen molar-refractivity contribution in [2.45, 2.75) is 71.0 Å². The normalized spacial score (nSPS) is 12.9. The third kappa shape index (κ3) is 8.19. The molecule has 0 aromatic heterocycles. The molecule has 7 nitrogen and oxygen atoms in total. The SMILES string of the molecule is CC[C@@H](C)NC(=O)[C@H](CC)N(Cc1ccc(Cl)c(Cl)c1)C(=O)CN(c1ccc(C)c(C)c1)S(=O)(=O)c1ccc(Cl)cc1. The molecular formula is C31H36Cl3N3O4S. The van der Waals surface area contributed by atoms with Crippen molar-refractivity contribution in [1.82, 2.24) is 10.2 Å². The van der Waals surface area contributed by atoms with Crippen molar-refractivity contribution in [3.8, 4) is 0 Å². The molecule has 0 saturated heterocycles. The van der Waals surface area contributed by atoms with Crippen LogP contribution in [-0.2, 0) is 26.2 Å². The highest BCUT2D eigenvalue weighted by Gasteiger charge is 2.34. The second-order valence-electron chi connectivity index (χ2n) is 10.2. The second kappa shape index (κ2) is 14.6. The summed E-state index contributed by atoms with van der Waals surface area (Å²) in [5.74, 6) is -0.874. The Kier molecular flexibility index (Phi) is 11.7. The van der Waals surface area contributed by atoms with Gasteiger partial charge in [-0.2, -0.15) is 0 Å². The lowest BCUT2D eigenvalue weighted by atomic mass is 10.1. The number of sulfonamides is 1. The van der Waals surface area contributed by atoms with E-state index in [1.54, 1.807) is 36.4 Å². The predicted molar refractivity (Wildman–Crippen MR) is 171 cm³/mol. The molecule has 0 aliphatic heterocycles. The van der Waals surface area contributed by atoms with E-state index < -0.39 is 28.5 Å². The number of aryl methyl sites for hydroxylation is 2. The number of nitrogens with one attached hydrogen (secondary N) is 1. The molecule has 0 bridgehead atoms. The summed E-state index contributed by atoms with van der Waals surface area (Å²) in [6.07, 6.45) is 1.02. The fourth-order valence-corrected chi connectivity index (χ4v) is 6.19. The number of anilines is 1. The van der Waals surface area contributed by atoms with Gasteiger partial charge in [-0.05, 0) is 98.8 Å². The van der Waals surface area contributed by atoms with E-state index in [2.05, 4.69) is 5.32 Å². The van der Waals surface area contributed by atoms with Crippen molar-refractivity contribution < 1.29 is 18.0 Å². The highest BCUT2D eigenvalue weighted by molar-refractivity contribution is 7.92. The van der Waals surface area contributed by atoms with Crippen molar-refractivity contribution in [2.75, 3.05) is 10.8 Å². The summed E-state index contributed by atoms with van der Waals surface area (Å²) in [4.78, 5) is 29.0. The molecule has 0 radical (unpaired) electrons. The average molecular weight is 653 g/mol. The van der Waals surface area contributed by atoms with Gasteiger partial charge in [0.1, 0.15) is 12.6 Å². The zero-order chi connectivity index (χ0) is 31.2. The monoisotopic (exact) mass is 651 g/mol. The minimum atomic E-state index is -4.20. The number of benzene rings is 3. The van der Waals surface area contributed by atoms with E-state index in [9.17, 15) is 18.0 Å². The van der Waals surface area contributed by atoms with Crippen molar-refractivity contribution >= 4 is 62.3 Å². The zero-order valence-electron chi connectivity index (χ0n) is 24.3. The van der Waals surface area contributed by atoms with E-state index in [1.165, 1.54) is 29.2 Å². The lowest BCUT2D eigenvalue weighted by molar-refractivity contribution is -0.140. The van der Waals surface area contributed by atoms with Gasteiger partial charge in [0.2, 0.25) is 11.8 Å². The Morgan fingerprint density at radius 3 is 2.10 bits per heavy atom. The molecule has 0 unspecified atom stereocenters. The first-order valence-electron chi connectivity index (χ1n) is 13.7. The molecule has 2 amide bonds. The van der Waals surface area contributed by atoms with Crippen LogP contribution in [0, 0.1) is 13.8 Å². The molecule has 0 spiro atoms. The predicted octanol–water partition coefficient (Wildman–Crippen LogP) is 7.18. The number of halogens is 3. The zero-order valence-corrected chi connectivity index (χ0v) is 27.4. The van der Waals surface area contributed by atoms with Gasteiger partial charge in [0.25, 0.3) is 10.0 Å². The molecule has 3 aromatic rings. The van der Waals surface area contributed by atoms with E-state index in [-0.39, 0.29) is 23.4 Å². The molecule has 0 aliphatic rings. The Labute approximate surface area is 263 Å². The van der Waals surface area contributed by atoms with Gasteiger partial charge in [-0.15, -0.1) is 0 Å². The second-order valence-corrected chi connectivity index (χ2v) is 13.4. The first-order valence-corrected chi connectivity index (χ1v) is 16.2. The Balaban J connectivity index is 2.10. The van der Waals surface area contributed by atoms with Crippen LogP contribution in [0.1, 0.15) is 50.3 Å². The maximum Gasteiger partial charge on any atom is 0.264 e. The number of amides is 2. The molecule has 0 heterocycles. The van der Waals surface area contributed by atoms with Gasteiger partial charge in [-0.3, -0.25) is 13.9 Å². The molecule has 0 fully saturated rings. The number of nitrogens with zero attached hydrogens (tertiary/aromatic N) is 2. The van der Waals surface area contributed by atoms with Crippen molar-refractivity contribution in [1.29, 1.82) is 0 Å². The summed E-state index contributed by atoms with van der Waals surface area (Å²) in [6.45, 7) is 8.91. The van der Waals surface area contributed by atoms with Gasteiger partial charge in [0.15, 0.2) is 0 Å².